The summed E-state index contributed by atoms with van der Waals surface area (Å²) in [4.78, 5) is 10.3. The van der Waals surface area contributed by atoms with Crippen molar-refractivity contribution in [2.24, 2.45) is 5.92 Å². The van der Waals surface area contributed by atoms with E-state index in [9.17, 15) is 4.79 Å². The van der Waals surface area contributed by atoms with E-state index in [0.717, 1.165) is 0 Å². The van der Waals surface area contributed by atoms with Crippen molar-refractivity contribution in [3.63, 3.8) is 0 Å². The van der Waals surface area contributed by atoms with Crippen LogP contribution in [0.15, 0.2) is 11.0 Å². The first kappa shape index (κ1) is 9.56. The number of hydrogen-bond donors (Lipinski definition) is 2. The largest absolute Gasteiger partial charge is 0.478 e. The third kappa shape index (κ3) is 3.56. The van der Waals surface area contributed by atoms with Crippen molar-refractivity contribution in [3.05, 3.63) is 11.0 Å². The Morgan fingerprint density at radius 2 is 2.20 bits per heavy atom. The first-order chi connectivity index (χ1) is 4.57. The van der Waals surface area contributed by atoms with Gasteiger partial charge in [0, 0.05) is 5.57 Å². The minimum absolute atomic E-state index is 0.370. The smallest absolute Gasteiger partial charge is 0.332 e. The summed E-state index contributed by atoms with van der Waals surface area (Å²) in [5, 5.41) is 9.85. The van der Waals surface area contributed by atoms with Crippen LogP contribution in [-0.4, -0.2) is 11.1 Å². The fourth-order valence-corrected chi connectivity index (χ4v) is 0.851. The van der Waals surface area contributed by atoms with Crippen LogP contribution in [-0.2, 0) is 4.79 Å². The number of aliphatic carboxylic acids is 1. The summed E-state index contributed by atoms with van der Waals surface area (Å²) in [5.41, 5.74) is 0.373. The maximum absolute atomic E-state index is 10.3. The molecule has 0 aromatic rings. The second-order valence-electron chi connectivity index (χ2n) is 2.56. The second kappa shape index (κ2) is 4.39. The van der Waals surface area contributed by atoms with Gasteiger partial charge in [-0.05, 0) is 17.7 Å². The number of carboxylic acid groups (broad SMARTS) is 1. The number of rotatable bonds is 3. The van der Waals surface area contributed by atoms with E-state index in [2.05, 4.69) is 12.6 Å². The first-order valence-electron chi connectivity index (χ1n) is 3.14. The van der Waals surface area contributed by atoms with Crippen molar-refractivity contribution in [2.45, 2.75) is 20.3 Å². The van der Waals surface area contributed by atoms with Crippen LogP contribution in [0.3, 0.4) is 0 Å². The molecule has 0 amide bonds. The van der Waals surface area contributed by atoms with Crippen LogP contribution in [0, 0.1) is 5.92 Å². The Labute approximate surface area is 66.4 Å². The van der Waals surface area contributed by atoms with E-state index in [-0.39, 0.29) is 0 Å². The fourth-order valence-electron chi connectivity index (χ4n) is 0.635. The summed E-state index contributed by atoms with van der Waals surface area (Å²) in [5.74, 6) is -0.502. The van der Waals surface area contributed by atoms with E-state index in [1.807, 2.05) is 13.8 Å². The van der Waals surface area contributed by atoms with E-state index in [4.69, 9.17) is 5.11 Å². The molecule has 10 heavy (non-hydrogen) atoms. The summed E-state index contributed by atoms with van der Waals surface area (Å²) in [7, 11) is 0. The fraction of sp³-hybridized carbons (Fsp3) is 0.571. The standard InChI is InChI=1S/C7H12O2S/c1-5(2)3-6(4-10)7(8)9/h4-5,10H,3H2,1-2H3,(H,8,9). The molecule has 3 heteroatoms. The Kier molecular flexibility index (Phi) is 4.19. The molecular formula is C7H12O2S. The summed E-state index contributed by atoms with van der Waals surface area (Å²) in [6.45, 7) is 3.94. The Morgan fingerprint density at radius 1 is 1.70 bits per heavy atom. The van der Waals surface area contributed by atoms with Gasteiger partial charge in [-0.3, -0.25) is 0 Å². The highest BCUT2D eigenvalue weighted by molar-refractivity contribution is 7.83. The number of thiol groups is 1. The van der Waals surface area contributed by atoms with Gasteiger partial charge in [-0.1, -0.05) is 13.8 Å². The molecule has 1 N–H and O–H groups in total. The highest BCUT2D eigenvalue weighted by Gasteiger charge is 2.07. The SMILES string of the molecule is CC(C)CC(=CS)C(=O)O. The molecular weight excluding hydrogens is 148 g/mol. The van der Waals surface area contributed by atoms with E-state index < -0.39 is 5.97 Å². The second-order valence-corrected chi connectivity index (χ2v) is 2.82. The molecule has 0 aliphatic carbocycles. The number of carbonyl (C=O) groups is 1. The summed E-state index contributed by atoms with van der Waals surface area (Å²) in [6, 6.07) is 0. The molecule has 58 valence electrons. The van der Waals surface area contributed by atoms with E-state index in [1.165, 1.54) is 5.41 Å². The Bertz CT molecular complexity index is 150. The van der Waals surface area contributed by atoms with Gasteiger partial charge in [-0.25, -0.2) is 4.79 Å². The zero-order valence-electron chi connectivity index (χ0n) is 6.16. The predicted octanol–water partition coefficient (Wildman–Crippen LogP) is 1.93. The summed E-state index contributed by atoms with van der Waals surface area (Å²) < 4.78 is 0. The molecule has 2 nitrogen and oxygen atoms in total. The number of carboxylic acids is 1. The van der Waals surface area contributed by atoms with Gasteiger partial charge in [0.1, 0.15) is 0 Å². The summed E-state index contributed by atoms with van der Waals surface area (Å²) >= 11 is 3.79. The monoisotopic (exact) mass is 160 g/mol. The molecule has 0 aliphatic rings. The summed E-state index contributed by atoms with van der Waals surface area (Å²) in [6.07, 6.45) is 0.582. The predicted molar refractivity (Wildman–Crippen MR) is 44.2 cm³/mol. The molecule has 0 rings (SSSR count). The Hall–Kier alpha value is -0.440. The van der Waals surface area contributed by atoms with Crippen molar-refractivity contribution in [1.82, 2.24) is 0 Å². The van der Waals surface area contributed by atoms with Crippen molar-refractivity contribution >= 4 is 18.6 Å². The highest BCUT2D eigenvalue weighted by atomic mass is 32.1. The number of hydrogen-bond acceptors (Lipinski definition) is 2. The topological polar surface area (TPSA) is 37.3 Å². The lowest BCUT2D eigenvalue weighted by Gasteiger charge is -2.02. The maximum Gasteiger partial charge on any atom is 0.332 e. The maximum atomic E-state index is 10.3. The quantitative estimate of drug-likeness (QED) is 0.489. The van der Waals surface area contributed by atoms with Crippen molar-refractivity contribution in [1.29, 1.82) is 0 Å². The van der Waals surface area contributed by atoms with E-state index >= 15 is 0 Å². The molecule has 0 unspecified atom stereocenters. The van der Waals surface area contributed by atoms with E-state index in [0.29, 0.717) is 17.9 Å². The van der Waals surface area contributed by atoms with Crippen LogP contribution in [0.5, 0.6) is 0 Å². The van der Waals surface area contributed by atoms with Crippen LogP contribution in [0.2, 0.25) is 0 Å². The van der Waals surface area contributed by atoms with Crippen LogP contribution >= 0.6 is 12.6 Å². The molecule has 0 atom stereocenters. The molecule has 0 aromatic heterocycles. The average Bonchev–Trinajstić information content (AvgIpc) is 1.81. The molecule has 0 spiro atoms. The van der Waals surface area contributed by atoms with Crippen molar-refractivity contribution in [3.8, 4) is 0 Å². The highest BCUT2D eigenvalue weighted by Crippen LogP contribution is 2.11. The zero-order chi connectivity index (χ0) is 8.15. The lowest BCUT2D eigenvalue weighted by Crippen LogP contribution is -2.02. The Morgan fingerprint density at radius 3 is 2.30 bits per heavy atom. The lowest BCUT2D eigenvalue weighted by atomic mass is 10.1. The minimum Gasteiger partial charge on any atom is -0.478 e. The minimum atomic E-state index is -0.872. The molecule has 0 fully saturated rings. The zero-order valence-corrected chi connectivity index (χ0v) is 7.06. The van der Waals surface area contributed by atoms with Crippen LogP contribution < -0.4 is 0 Å². The van der Waals surface area contributed by atoms with Gasteiger partial charge in [-0.15, -0.1) is 0 Å². The van der Waals surface area contributed by atoms with E-state index in [1.54, 1.807) is 0 Å². The van der Waals surface area contributed by atoms with Crippen LogP contribution in [0.25, 0.3) is 0 Å². The Balaban J connectivity index is 3.99. The normalized spacial score (nSPS) is 12.2. The van der Waals surface area contributed by atoms with Gasteiger partial charge in [0.2, 0.25) is 0 Å². The van der Waals surface area contributed by atoms with Gasteiger partial charge < -0.3 is 5.11 Å². The molecule has 0 radical (unpaired) electrons. The molecule has 0 saturated heterocycles. The van der Waals surface area contributed by atoms with Gasteiger partial charge in [-0.2, -0.15) is 12.6 Å². The van der Waals surface area contributed by atoms with Gasteiger partial charge in [0.05, 0.1) is 0 Å². The third-order valence-corrected chi connectivity index (χ3v) is 1.37. The third-order valence-electron chi connectivity index (χ3n) is 1.06. The average molecular weight is 160 g/mol. The molecule has 0 aliphatic heterocycles. The van der Waals surface area contributed by atoms with Crippen molar-refractivity contribution in [2.75, 3.05) is 0 Å². The first-order valence-corrected chi connectivity index (χ1v) is 3.66. The molecule has 0 saturated carbocycles. The lowest BCUT2D eigenvalue weighted by molar-refractivity contribution is -0.132. The van der Waals surface area contributed by atoms with Gasteiger partial charge in [0.15, 0.2) is 0 Å². The molecule has 0 heterocycles. The van der Waals surface area contributed by atoms with Crippen LogP contribution in [0.4, 0.5) is 0 Å². The van der Waals surface area contributed by atoms with Crippen molar-refractivity contribution < 1.29 is 9.90 Å². The molecule has 0 bridgehead atoms. The van der Waals surface area contributed by atoms with Gasteiger partial charge >= 0.3 is 5.97 Å². The van der Waals surface area contributed by atoms with Crippen LogP contribution in [0.1, 0.15) is 20.3 Å². The van der Waals surface area contributed by atoms with Gasteiger partial charge in [0.25, 0.3) is 0 Å². The molecule has 0 aromatic carbocycles.